The lowest BCUT2D eigenvalue weighted by Gasteiger charge is -2.43. The number of nitrogens with zero attached hydrogens (tertiary/aromatic N) is 2. The molecule has 1 aliphatic heterocycles. The van der Waals surface area contributed by atoms with E-state index < -0.39 is 0 Å². The normalized spacial score (nSPS) is 21.1. The van der Waals surface area contributed by atoms with Crippen LogP contribution >= 0.6 is 0 Å². The Morgan fingerprint density at radius 1 is 1.14 bits per heavy atom. The fourth-order valence-corrected chi connectivity index (χ4v) is 3.43. The Bertz CT molecular complexity index is 427. The number of hydrogen-bond acceptors (Lipinski definition) is 2. The molecule has 1 aliphatic rings. The molecule has 1 aromatic rings. The quantitative estimate of drug-likeness (QED) is 0.785. The van der Waals surface area contributed by atoms with Gasteiger partial charge in [0.25, 0.3) is 0 Å². The zero-order valence-electron chi connectivity index (χ0n) is 14.3. The molecule has 0 aromatic heterocycles. The first-order valence-corrected chi connectivity index (χ1v) is 8.68. The van der Waals surface area contributed by atoms with E-state index in [2.05, 4.69) is 61.8 Å². The van der Waals surface area contributed by atoms with Gasteiger partial charge in [-0.15, -0.1) is 0 Å². The third-order valence-electron chi connectivity index (χ3n) is 4.75. The minimum Gasteiger partial charge on any atom is -0.301 e. The number of likely N-dealkylation sites (N-methyl/N-ethyl adjacent to an activating group) is 1. The van der Waals surface area contributed by atoms with Gasteiger partial charge in [0, 0.05) is 32.2 Å². The summed E-state index contributed by atoms with van der Waals surface area (Å²) in [6.07, 6.45) is 2.43. The Morgan fingerprint density at radius 2 is 1.90 bits per heavy atom. The molecule has 2 rings (SSSR count). The van der Waals surface area contributed by atoms with E-state index in [1.54, 1.807) is 0 Å². The largest absolute Gasteiger partial charge is 0.301 e. The highest BCUT2D eigenvalue weighted by molar-refractivity contribution is 5.23. The van der Waals surface area contributed by atoms with Crippen molar-refractivity contribution in [1.82, 2.24) is 9.80 Å². The highest BCUT2D eigenvalue weighted by Crippen LogP contribution is 2.20. The molecule has 1 fully saturated rings. The van der Waals surface area contributed by atoms with Gasteiger partial charge in [0.2, 0.25) is 0 Å². The van der Waals surface area contributed by atoms with Crippen molar-refractivity contribution in [1.29, 1.82) is 0 Å². The molecule has 1 aromatic carbocycles. The molecule has 2 heteroatoms. The molecule has 118 valence electrons. The lowest BCUT2D eigenvalue weighted by atomic mass is 9.98. The Kier molecular flexibility index (Phi) is 6.25. The summed E-state index contributed by atoms with van der Waals surface area (Å²) in [6, 6.07) is 9.89. The predicted molar refractivity (Wildman–Crippen MR) is 91.6 cm³/mol. The topological polar surface area (TPSA) is 6.48 Å². The number of rotatable bonds is 6. The number of piperazine rings is 1. The third kappa shape index (κ3) is 4.55. The maximum absolute atomic E-state index is 2.70. The summed E-state index contributed by atoms with van der Waals surface area (Å²) in [4.78, 5) is 5.29. The fraction of sp³-hybridized carbons (Fsp3) is 0.684. The lowest BCUT2D eigenvalue weighted by Crippen LogP contribution is -2.54. The van der Waals surface area contributed by atoms with Gasteiger partial charge >= 0.3 is 0 Å². The van der Waals surface area contributed by atoms with Gasteiger partial charge in [-0.05, 0) is 30.0 Å². The van der Waals surface area contributed by atoms with Gasteiger partial charge in [-0.25, -0.2) is 0 Å². The molecule has 0 unspecified atom stereocenters. The zero-order valence-corrected chi connectivity index (χ0v) is 14.3. The van der Waals surface area contributed by atoms with Gasteiger partial charge in [0.1, 0.15) is 0 Å². The molecule has 0 radical (unpaired) electrons. The van der Waals surface area contributed by atoms with Crippen molar-refractivity contribution in [2.45, 2.75) is 53.1 Å². The van der Waals surface area contributed by atoms with Gasteiger partial charge in [-0.3, -0.25) is 4.90 Å². The fourth-order valence-electron chi connectivity index (χ4n) is 3.43. The molecular weight excluding hydrogens is 256 g/mol. The summed E-state index contributed by atoms with van der Waals surface area (Å²) in [7, 11) is 0. The summed E-state index contributed by atoms with van der Waals surface area (Å²) in [6.45, 7) is 15.2. The molecule has 21 heavy (non-hydrogen) atoms. The first kappa shape index (κ1) is 16.5. The van der Waals surface area contributed by atoms with Gasteiger partial charge in [0.05, 0.1) is 0 Å². The molecule has 0 spiro atoms. The van der Waals surface area contributed by atoms with E-state index in [0.717, 1.165) is 12.5 Å². The van der Waals surface area contributed by atoms with Crippen molar-refractivity contribution in [3.8, 4) is 0 Å². The maximum Gasteiger partial charge on any atom is 0.0250 e. The average molecular weight is 288 g/mol. The van der Waals surface area contributed by atoms with Gasteiger partial charge in [-0.1, -0.05) is 58.4 Å². The number of benzene rings is 1. The second-order valence-corrected chi connectivity index (χ2v) is 6.75. The van der Waals surface area contributed by atoms with Crippen molar-refractivity contribution in [2.75, 3.05) is 26.2 Å². The van der Waals surface area contributed by atoms with Crippen LogP contribution in [0.3, 0.4) is 0 Å². The molecule has 1 heterocycles. The predicted octanol–water partition coefficient (Wildman–Crippen LogP) is 3.80. The first-order valence-electron chi connectivity index (χ1n) is 8.68. The van der Waals surface area contributed by atoms with E-state index in [4.69, 9.17) is 0 Å². The van der Waals surface area contributed by atoms with Crippen LogP contribution in [0, 0.1) is 5.92 Å². The van der Waals surface area contributed by atoms with Crippen LogP contribution in [0.15, 0.2) is 24.3 Å². The van der Waals surface area contributed by atoms with Gasteiger partial charge in [-0.2, -0.15) is 0 Å². The molecular formula is C19H32N2. The Hall–Kier alpha value is -0.860. The van der Waals surface area contributed by atoms with Crippen LogP contribution < -0.4 is 0 Å². The van der Waals surface area contributed by atoms with Crippen LogP contribution in [0.5, 0.6) is 0 Å². The van der Waals surface area contributed by atoms with Crippen molar-refractivity contribution in [3.05, 3.63) is 35.4 Å². The third-order valence-corrected chi connectivity index (χ3v) is 4.75. The van der Waals surface area contributed by atoms with Gasteiger partial charge in [0.15, 0.2) is 0 Å². The van der Waals surface area contributed by atoms with E-state index in [9.17, 15) is 0 Å². The Labute approximate surface area is 131 Å². The maximum atomic E-state index is 2.70. The van der Waals surface area contributed by atoms with Gasteiger partial charge < -0.3 is 4.90 Å². The lowest BCUT2D eigenvalue weighted by molar-refractivity contribution is 0.0469. The van der Waals surface area contributed by atoms with E-state index in [-0.39, 0.29) is 0 Å². The van der Waals surface area contributed by atoms with Crippen molar-refractivity contribution < 1.29 is 0 Å². The van der Waals surface area contributed by atoms with E-state index >= 15 is 0 Å². The van der Waals surface area contributed by atoms with Crippen molar-refractivity contribution in [2.24, 2.45) is 5.92 Å². The zero-order chi connectivity index (χ0) is 15.2. The molecule has 0 saturated carbocycles. The van der Waals surface area contributed by atoms with E-state index in [1.165, 1.54) is 50.1 Å². The summed E-state index contributed by atoms with van der Waals surface area (Å²) in [5.41, 5.74) is 2.97. The Balaban J connectivity index is 2.04. The molecule has 1 atom stereocenters. The van der Waals surface area contributed by atoms with Crippen LogP contribution in [0.25, 0.3) is 0 Å². The van der Waals surface area contributed by atoms with E-state index in [1.807, 2.05) is 0 Å². The number of hydrogen-bond donors (Lipinski definition) is 0. The number of aryl methyl sites for hydroxylation is 1. The summed E-state index contributed by atoms with van der Waals surface area (Å²) < 4.78 is 0. The minimum absolute atomic E-state index is 0.688. The second kappa shape index (κ2) is 7.95. The SMILES string of the molecule is CCCc1cccc(CN2CCN(CC)C[C@H]2C(C)C)c1. The first-order chi connectivity index (χ1) is 10.1. The minimum atomic E-state index is 0.688. The Morgan fingerprint density at radius 3 is 2.57 bits per heavy atom. The van der Waals surface area contributed by atoms with Crippen molar-refractivity contribution in [3.63, 3.8) is 0 Å². The summed E-state index contributed by atoms with van der Waals surface area (Å²) in [5, 5.41) is 0. The van der Waals surface area contributed by atoms with Crippen LogP contribution in [0.4, 0.5) is 0 Å². The van der Waals surface area contributed by atoms with Crippen LogP contribution in [-0.2, 0) is 13.0 Å². The van der Waals surface area contributed by atoms with Crippen LogP contribution in [0.1, 0.15) is 45.2 Å². The highest BCUT2D eigenvalue weighted by Gasteiger charge is 2.28. The van der Waals surface area contributed by atoms with Crippen LogP contribution in [-0.4, -0.2) is 42.0 Å². The van der Waals surface area contributed by atoms with Crippen molar-refractivity contribution >= 4 is 0 Å². The summed E-state index contributed by atoms with van der Waals surface area (Å²) >= 11 is 0. The molecule has 0 bridgehead atoms. The average Bonchev–Trinajstić information content (AvgIpc) is 2.48. The monoisotopic (exact) mass is 288 g/mol. The molecule has 0 amide bonds. The van der Waals surface area contributed by atoms with Crippen LogP contribution in [0.2, 0.25) is 0 Å². The standard InChI is InChI=1S/C19H32N2/c1-5-8-17-9-7-10-18(13-17)14-21-12-11-20(6-2)15-19(21)16(3)4/h7,9-10,13,16,19H,5-6,8,11-12,14-15H2,1-4H3/t19-/m0/s1. The smallest absolute Gasteiger partial charge is 0.0250 e. The molecule has 1 saturated heterocycles. The second-order valence-electron chi connectivity index (χ2n) is 6.75. The highest BCUT2D eigenvalue weighted by atomic mass is 15.3. The summed E-state index contributed by atoms with van der Waals surface area (Å²) in [5.74, 6) is 0.721. The molecule has 0 N–H and O–H groups in total. The molecule has 0 aliphatic carbocycles. The molecule has 2 nitrogen and oxygen atoms in total. The van der Waals surface area contributed by atoms with E-state index in [0.29, 0.717) is 6.04 Å².